The first kappa shape index (κ1) is 11.0. The van der Waals surface area contributed by atoms with E-state index in [1.807, 2.05) is 20.8 Å². The molecule has 0 radical (unpaired) electrons. The molecule has 0 spiro atoms. The van der Waals surface area contributed by atoms with Crippen molar-refractivity contribution in [2.45, 2.75) is 20.8 Å². The highest BCUT2D eigenvalue weighted by Gasteiger charge is 2.35. The largest absolute Gasteiger partial charge is 0.325 e. The van der Waals surface area contributed by atoms with Gasteiger partial charge in [-0.2, -0.15) is 8.42 Å². The van der Waals surface area contributed by atoms with Crippen LogP contribution in [0.25, 0.3) is 0 Å². The van der Waals surface area contributed by atoms with E-state index in [4.69, 9.17) is 0 Å². The molecule has 1 N–H and O–H groups in total. The predicted molar refractivity (Wildman–Crippen MR) is 52.4 cm³/mol. The molecule has 0 aliphatic carbocycles. The summed E-state index contributed by atoms with van der Waals surface area (Å²) in [5.41, 5.74) is 0.0868. The smallest absolute Gasteiger partial charge is 0.273 e. The zero-order valence-corrected chi connectivity index (χ0v) is 9.47. The van der Waals surface area contributed by atoms with Gasteiger partial charge in [-0.1, -0.05) is 20.8 Å². The molecule has 1 aliphatic heterocycles. The monoisotopic (exact) mass is 218 g/mol. The molecule has 6 heteroatoms. The first-order chi connectivity index (χ1) is 6.16. The van der Waals surface area contributed by atoms with Crippen LogP contribution in [0.2, 0.25) is 0 Å². The van der Waals surface area contributed by atoms with E-state index < -0.39 is 16.1 Å². The van der Waals surface area contributed by atoms with Gasteiger partial charge >= 0.3 is 10.2 Å². The highest BCUT2D eigenvalue weighted by Crippen LogP contribution is 2.28. The summed E-state index contributed by atoms with van der Waals surface area (Å²) >= 11 is 0. The van der Waals surface area contributed by atoms with Crippen molar-refractivity contribution >= 4 is 16.1 Å². The van der Waals surface area contributed by atoms with Crippen molar-refractivity contribution in [2.75, 3.05) is 7.05 Å². The number of hydrogen-bond donors (Lipinski definition) is 1. The van der Waals surface area contributed by atoms with E-state index in [0.29, 0.717) is 9.88 Å². The van der Waals surface area contributed by atoms with Crippen LogP contribution in [0.4, 0.5) is 0 Å². The highest BCUT2D eigenvalue weighted by atomic mass is 32.2. The van der Waals surface area contributed by atoms with Gasteiger partial charge in [-0.15, -0.1) is 0 Å². The third-order valence-electron chi connectivity index (χ3n) is 2.04. The Hall–Kier alpha value is -1.04. The molecule has 0 aromatic rings. The molecular formula is C8H14N2O3S. The zero-order valence-electron chi connectivity index (χ0n) is 8.66. The summed E-state index contributed by atoms with van der Waals surface area (Å²) in [4.78, 5) is 11.6. The van der Waals surface area contributed by atoms with Gasteiger partial charge in [0.15, 0.2) is 0 Å². The van der Waals surface area contributed by atoms with E-state index in [-0.39, 0.29) is 5.41 Å². The second-order valence-corrected chi connectivity index (χ2v) is 5.94. The Morgan fingerprint density at radius 3 is 2.29 bits per heavy atom. The van der Waals surface area contributed by atoms with Gasteiger partial charge in [0.25, 0.3) is 5.91 Å². The van der Waals surface area contributed by atoms with Gasteiger partial charge in [-0.3, -0.25) is 9.52 Å². The Labute approximate surface area is 84.0 Å². The highest BCUT2D eigenvalue weighted by molar-refractivity contribution is 7.87. The molecule has 0 saturated heterocycles. The summed E-state index contributed by atoms with van der Waals surface area (Å²) in [6, 6.07) is 0. The Balaban J connectivity index is 3.18. The maximum Gasteiger partial charge on any atom is 0.325 e. The lowest BCUT2D eigenvalue weighted by Gasteiger charge is -2.30. The normalized spacial score (nSPS) is 21.6. The minimum atomic E-state index is -3.65. The van der Waals surface area contributed by atoms with Crippen LogP contribution in [-0.4, -0.2) is 25.7 Å². The quantitative estimate of drug-likeness (QED) is 0.632. The van der Waals surface area contributed by atoms with Crippen molar-refractivity contribution in [1.29, 1.82) is 0 Å². The number of carbonyl (C=O) groups is 1. The van der Waals surface area contributed by atoms with E-state index >= 15 is 0 Å². The summed E-state index contributed by atoms with van der Waals surface area (Å²) in [6.07, 6.45) is 1.26. The Morgan fingerprint density at radius 1 is 1.36 bits per heavy atom. The second-order valence-electron chi connectivity index (χ2n) is 4.20. The number of amides is 1. The average Bonchev–Trinajstić information content (AvgIpc) is 1.97. The molecule has 0 fully saturated rings. The minimum Gasteiger partial charge on any atom is -0.273 e. The SMILES string of the molecule is CN1C(=O)C(C(C)(C)C)=CNS1(=O)=O. The fourth-order valence-electron chi connectivity index (χ4n) is 1.09. The molecule has 5 nitrogen and oxygen atoms in total. The maximum atomic E-state index is 11.6. The first-order valence-electron chi connectivity index (χ1n) is 4.17. The molecule has 1 amide bonds. The van der Waals surface area contributed by atoms with Gasteiger partial charge in [0.2, 0.25) is 0 Å². The maximum absolute atomic E-state index is 11.6. The van der Waals surface area contributed by atoms with Crippen molar-refractivity contribution in [2.24, 2.45) is 5.41 Å². The molecule has 14 heavy (non-hydrogen) atoms. The van der Waals surface area contributed by atoms with Gasteiger partial charge < -0.3 is 0 Å². The zero-order chi connectivity index (χ0) is 11.1. The van der Waals surface area contributed by atoms with Crippen molar-refractivity contribution in [3.63, 3.8) is 0 Å². The standard InChI is InChI=1S/C8H14N2O3S/c1-8(2,3)6-5-9-14(12,13)10(4)7(6)11/h5,9H,1-4H3. The van der Waals surface area contributed by atoms with E-state index in [2.05, 4.69) is 4.72 Å². The Kier molecular flexibility index (Phi) is 2.35. The third-order valence-corrected chi connectivity index (χ3v) is 3.34. The van der Waals surface area contributed by atoms with E-state index in [9.17, 15) is 13.2 Å². The lowest BCUT2D eigenvalue weighted by atomic mass is 9.86. The minimum absolute atomic E-state index is 0.367. The number of carbonyl (C=O) groups excluding carboxylic acids is 1. The van der Waals surface area contributed by atoms with Gasteiger partial charge in [0.05, 0.1) is 0 Å². The molecule has 0 aromatic carbocycles. The number of nitrogens with one attached hydrogen (secondary N) is 1. The van der Waals surface area contributed by atoms with Gasteiger partial charge in [-0.05, 0) is 5.41 Å². The number of nitrogens with zero attached hydrogens (tertiary/aromatic N) is 1. The molecule has 0 atom stereocenters. The summed E-state index contributed by atoms with van der Waals surface area (Å²) in [7, 11) is -2.41. The van der Waals surface area contributed by atoms with Gasteiger partial charge in [0.1, 0.15) is 0 Å². The van der Waals surface area contributed by atoms with E-state index in [0.717, 1.165) is 0 Å². The van der Waals surface area contributed by atoms with Crippen LogP contribution in [0.1, 0.15) is 20.8 Å². The molecule has 0 unspecified atom stereocenters. The Bertz CT molecular complexity index is 389. The lowest BCUT2D eigenvalue weighted by Crippen LogP contribution is -2.46. The number of rotatable bonds is 0. The summed E-state index contributed by atoms with van der Waals surface area (Å²) in [5, 5.41) is 0. The van der Waals surface area contributed by atoms with Gasteiger partial charge in [0, 0.05) is 18.8 Å². The molecular weight excluding hydrogens is 204 g/mol. The van der Waals surface area contributed by atoms with Crippen LogP contribution >= 0.6 is 0 Å². The molecule has 0 bridgehead atoms. The molecule has 1 aliphatic rings. The van der Waals surface area contributed by atoms with Crippen LogP contribution in [-0.2, 0) is 15.0 Å². The molecule has 0 aromatic heterocycles. The fourth-order valence-corrected chi connectivity index (χ4v) is 1.83. The van der Waals surface area contributed by atoms with Gasteiger partial charge in [-0.25, -0.2) is 4.31 Å². The van der Waals surface area contributed by atoms with Crippen molar-refractivity contribution in [3.8, 4) is 0 Å². The van der Waals surface area contributed by atoms with Crippen LogP contribution < -0.4 is 4.72 Å². The van der Waals surface area contributed by atoms with Crippen LogP contribution in [0.5, 0.6) is 0 Å². The van der Waals surface area contributed by atoms with Crippen molar-refractivity contribution in [3.05, 3.63) is 11.8 Å². The fraction of sp³-hybridized carbons (Fsp3) is 0.625. The third kappa shape index (κ3) is 1.75. The molecule has 80 valence electrons. The second kappa shape index (κ2) is 2.98. The number of hydrogen-bond acceptors (Lipinski definition) is 3. The van der Waals surface area contributed by atoms with Crippen molar-refractivity contribution < 1.29 is 13.2 Å². The predicted octanol–water partition coefficient (Wildman–Crippen LogP) is 0.223. The molecule has 1 heterocycles. The topological polar surface area (TPSA) is 66.5 Å². The average molecular weight is 218 g/mol. The first-order valence-corrected chi connectivity index (χ1v) is 5.61. The van der Waals surface area contributed by atoms with E-state index in [1.54, 1.807) is 0 Å². The number of likely N-dealkylation sites (N-methyl/N-ethyl adjacent to an activating group) is 1. The van der Waals surface area contributed by atoms with Crippen LogP contribution in [0.3, 0.4) is 0 Å². The van der Waals surface area contributed by atoms with Crippen LogP contribution in [0.15, 0.2) is 11.8 Å². The summed E-state index contributed by atoms with van der Waals surface area (Å²) in [6.45, 7) is 5.55. The van der Waals surface area contributed by atoms with Crippen LogP contribution in [0, 0.1) is 5.41 Å². The lowest BCUT2D eigenvalue weighted by molar-refractivity contribution is -0.123. The Morgan fingerprint density at radius 2 is 1.86 bits per heavy atom. The summed E-state index contributed by atoms with van der Waals surface area (Å²) in [5.74, 6) is -0.476. The molecule has 1 rings (SSSR count). The van der Waals surface area contributed by atoms with Crippen molar-refractivity contribution in [1.82, 2.24) is 9.03 Å². The molecule has 0 saturated carbocycles. The summed E-state index contributed by atoms with van der Waals surface area (Å²) < 4.78 is 25.4. The van der Waals surface area contributed by atoms with E-state index in [1.165, 1.54) is 13.2 Å².